The van der Waals surface area contributed by atoms with Gasteiger partial charge in [-0.15, -0.1) is 0 Å². The lowest BCUT2D eigenvalue weighted by molar-refractivity contribution is -0.123. The van der Waals surface area contributed by atoms with Gasteiger partial charge in [0, 0.05) is 10.9 Å². The summed E-state index contributed by atoms with van der Waals surface area (Å²) < 4.78 is 16.4. The number of aryl methyl sites for hydroxylation is 1. The molecule has 7 nitrogen and oxygen atoms in total. The highest BCUT2D eigenvalue weighted by atomic mass is 35.5. The zero-order valence-electron chi connectivity index (χ0n) is 15.4. The molecule has 0 bridgehead atoms. The molecule has 3 rings (SSSR count). The van der Waals surface area contributed by atoms with E-state index >= 15 is 0 Å². The first-order valence-corrected chi connectivity index (χ1v) is 9.00. The van der Waals surface area contributed by atoms with E-state index in [1.54, 1.807) is 43.3 Å². The second-order valence-electron chi connectivity index (χ2n) is 5.87. The van der Waals surface area contributed by atoms with Crippen LogP contribution in [0.1, 0.15) is 23.0 Å². The Kier molecular flexibility index (Phi) is 6.06. The van der Waals surface area contributed by atoms with E-state index in [1.807, 2.05) is 13.0 Å². The average molecular weight is 403 g/mol. The van der Waals surface area contributed by atoms with Crippen LogP contribution in [0.15, 0.2) is 46.9 Å². The molecule has 0 saturated carbocycles. The summed E-state index contributed by atoms with van der Waals surface area (Å²) in [5, 5.41) is 1.16. The third-order valence-corrected chi connectivity index (χ3v) is 4.25. The van der Waals surface area contributed by atoms with Crippen molar-refractivity contribution >= 4 is 34.4 Å². The molecular formula is C20H19ClN2O5. The monoisotopic (exact) mass is 402 g/mol. The molecule has 0 spiro atoms. The standard InChI is InChI=1S/C20H19ClN2O5/c1-3-26-13-8-9-16-14(10-13)12(2)19(28-16)20(25)23-22-18(24)11-27-17-7-5-4-6-15(17)21/h4-10H,3,11H2,1-2H3,(H,22,24)(H,23,25). The fourth-order valence-electron chi connectivity index (χ4n) is 2.60. The number of benzene rings is 2. The Morgan fingerprint density at radius 3 is 2.64 bits per heavy atom. The molecule has 146 valence electrons. The number of furan rings is 1. The maximum absolute atomic E-state index is 12.4. The number of fused-ring (bicyclic) bond motifs is 1. The van der Waals surface area contributed by atoms with Gasteiger partial charge in [-0.1, -0.05) is 23.7 Å². The topological polar surface area (TPSA) is 89.8 Å². The van der Waals surface area contributed by atoms with Gasteiger partial charge in [0.1, 0.15) is 17.1 Å². The number of halogens is 1. The molecule has 0 unspecified atom stereocenters. The van der Waals surface area contributed by atoms with Gasteiger partial charge in [-0.3, -0.25) is 20.4 Å². The van der Waals surface area contributed by atoms with Crippen LogP contribution in [0.3, 0.4) is 0 Å². The minimum Gasteiger partial charge on any atom is -0.494 e. The molecule has 0 aliphatic carbocycles. The summed E-state index contributed by atoms with van der Waals surface area (Å²) in [4.78, 5) is 24.3. The lowest BCUT2D eigenvalue weighted by Gasteiger charge is -2.09. The molecule has 0 atom stereocenters. The summed E-state index contributed by atoms with van der Waals surface area (Å²) in [7, 11) is 0. The van der Waals surface area contributed by atoms with Crippen molar-refractivity contribution < 1.29 is 23.5 Å². The Morgan fingerprint density at radius 1 is 1.11 bits per heavy atom. The van der Waals surface area contributed by atoms with Gasteiger partial charge in [0.15, 0.2) is 12.4 Å². The van der Waals surface area contributed by atoms with E-state index in [0.717, 1.165) is 5.39 Å². The molecule has 2 amide bonds. The average Bonchev–Trinajstić information content (AvgIpc) is 3.02. The lowest BCUT2D eigenvalue weighted by Crippen LogP contribution is -2.43. The molecule has 8 heteroatoms. The highest BCUT2D eigenvalue weighted by Crippen LogP contribution is 2.28. The van der Waals surface area contributed by atoms with Gasteiger partial charge in [0.25, 0.3) is 5.91 Å². The van der Waals surface area contributed by atoms with Gasteiger partial charge < -0.3 is 13.9 Å². The smallest absolute Gasteiger partial charge is 0.305 e. The molecule has 0 radical (unpaired) electrons. The Bertz CT molecular complexity index is 1010. The Labute approximate surface area is 166 Å². The van der Waals surface area contributed by atoms with E-state index in [9.17, 15) is 9.59 Å². The van der Waals surface area contributed by atoms with Gasteiger partial charge >= 0.3 is 5.91 Å². The number of hydrogen-bond donors (Lipinski definition) is 2. The van der Waals surface area contributed by atoms with E-state index < -0.39 is 11.8 Å². The van der Waals surface area contributed by atoms with Crippen LogP contribution in [-0.4, -0.2) is 25.0 Å². The Hall–Kier alpha value is -3.19. The molecule has 1 heterocycles. The Balaban J connectivity index is 1.60. The van der Waals surface area contributed by atoms with Crippen LogP contribution < -0.4 is 20.3 Å². The molecular weight excluding hydrogens is 384 g/mol. The summed E-state index contributed by atoms with van der Waals surface area (Å²) >= 11 is 5.95. The molecule has 28 heavy (non-hydrogen) atoms. The van der Waals surface area contributed by atoms with Crippen molar-refractivity contribution in [2.45, 2.75) is 13.8 Å². The number of ether oxygens (including phenoxy) is 2. The summed E-state index contributed by atoms with van der Waals surface area (Å²) in [6.45, 7) is 3.89. The number of hydrazine groups is 1. The highest BCUT2D eigenvalue weighted by Gasteiger charge is 2.19. The summed E-state index contributed by atoms with van der Waals surface area (Å²) in [5.41, 5.74) is 5.80. The fourth-order valence-corrected chi connectivity index (χ4v) is 2.79. The quantitative estimate of drug-likeness (QED) is 0.614. The molecule has 2 N–H and O–H groups in total. The predicted molar refractivity (Wildman–Crippen MR) is 105 cm³/mol. The molecule has 3 aromatic rings. The minimum absolute atomic E-state index is 0.107. The largest absolute Gasteiger partial charge is 0.494 e. The van der Waals surface area contributed by atoms with Crippen molar-refractivity contribution in [1.82, 2.24) is 10.9 Å². The summed E-state index contributed by atoms with van der Waals surface area (Å²) in [6.07, 6.45) is 0. The van der Waals surface area contributed by atoms with E-state index in [0.29, 0.717) is 34.3 Å². The SMILES string of the molecule is CCOc1ccc2oc(C(=O)NNC(=O)COc3ccccc3Cl)c(C)c2c1. The van der Waals surface area contributed by atoms with E-state index in [-0.39, 0.29) is 12.4 Å². The van der Waals surface area contributed by atoms with E-state index in [2.05, 4.69) is 10.9 Å². The molecule has 0 aliphatic rings. The van der Waals surface area contributed by atoms with Gasteiger partial charge in [0.2, 0.25) is 0 Å². The van der Waals surface area contributed by atoms with Crippen LogP contribution in [0.2, 0.25) is 5.02 Å². The lowest BCUT2D eigenvalue weighted by atomic mass is 10.1. The number of rotatable bonds is 6. The number of nitrogens with one attached hydrogen (secondary N) is 2. The molecule has 1 aromatic heterocycles. The highest BCUT2D eigenvalue weighted by molar-refractivity contribution is 6.32. The maximum atomic E-state index is 12.4. The normalized spacial score (nSPS) is 10.5. The first-order valence-electron chi connectivity index (χ1n) is 8.62. The molecule has 0 aliphatic heterocycles. The fraction of sp³-hybridized carbons (Fsp3) is 0.200. The second-order valence-corrected chi connectivity index (χ2v) is 6.28. The zero-order valence-corrected chi connectivity index (χ0v) is 16.1. The number of hydrogen-bond acceptors (Lipinski definition) is 5. The van der Waals surface area contributed by atoms with Crippen molar-refractivity contribution in [3.8, 4) is 11.5 Å². The predicted octanol–water partition coefficient (Wildman–Crippen LogP) is 3.63. The van der Waals surface area contributed by atoms with Crippen LogP contribution in [0.25, 0.3) is 11.0 Å². The number of amides is 2. The third-order valence-electron chi connectivity index (χ3n) is 3.94. The van der Waals surface area contributed by atoms with Gasteiger partial charge in [-0.25, -0.2) is 0 Å². The van der Waals surface area contributed by atoms with Crippen LogP contribution >= 0.6 is 11.6 Å². The number of carbonyl (C=O) groups is 2. The van der Waals surface area contributed by atoms with Crippen LogP contribution in [0, 0.1) is 6.92 Å². The maximum Gasteiger partial charge on any atom is 0.305 e. The van der Waals surface area contributed by atoms with E-state index in [1.165, 1.54) is 0 Å². The van der Waals surface area contributed by atoms with Crippen molar-refractivity contribution in [2.75, 3.05) is 13.2 Å². The Morgan fingerprint density at radius 2 is 1.89 bits per heavy atom. The second kappa shape index (κ2) is 8.67. The van der Waals surface area contributed by atoms with Gasteiger partial charge in [-0.05, 0) is 44.2 Å². The first kappa shape index (κ1) is 19.6. The van der Waals surface area contributed by atoms with Crippen molar-refractivity contribution in [3.05, 3.63) is 58.8 Å². The van der Waals surface area contributed by atoms with Gasteiger partial charge in [-0.2, -0.15) is 0 Å². The summed E-state index contributed by atoms with van der Waals surface area (Å²) in [5.74, 6) is 0.0640. The number of carbonyl (C=O) groups excluding carboxylic acids is 2. The first-order chi connectivity index (χ1) is 13.5. The van der Waals surface area contributed by atoms with Gasteiger partial charge in [0.05, 0.1) is 11.6 Å². The van der Waals surface area contributed by atoms with Crippen LogP contribution in [-0.2, 0) is 4.79 Å². The van der Waals surface area contributed by atoms with Crippen molar-refractivity contribution in [3.63, 3.8) is 0 Å². The van der Waals surface area contributed by atoms with Crippen LogP contribution in [0.5, 0.6) is 11.5 Å². The third kappa shape index (κ3) is 4.37. The molecule has 0 saturated heterocycles. The minimum atomic E-state index is -0.572. The molecule has 0 fully saturated rings. The van der Waals surface area contributed by atoms with Crippen molar-refractivity contribution in [2.24, 2.45) is 0 Å². The van der Waals surface area contributed by atoms with Crippen LogP contribution in [0.4, 0.5) is 0 Å². The van der Waals surface area contributed by atoms with Crippen molar-refractivity contribution in [1.29, 1.82) is 0 Å². The molecule has 2 aromatic carbocycles. The number of para-hydroxylation sites is 1. The summed E-state index contributed by atoms with van der Waals surface area (Å²) in [6, 6.07) is 12.1. The van der Waals surface area contributed by atoms with E-state index in [4.69, 9.17) is 25.5 Å². The zero-order chi connectivity index (χ0) is 20.1.